The van der Waals surface area contributed by atoms with Crippen LogP contribution in [0.4, 0.5) is 11.4 Å². The van der Waals surface area contributed by atoms with Gasteiger partial charge in [-0.2, -0.15) is 0 Å². The van der Waals surface area contributed by atoms with Crippen LogP contribution in [0, 0.1) is 10.1 Å². The first-order chi connectivity index (χ1) is 12.4. The van der Waals surface area contributed by atoms with Gasteiger partial charge in [0.25, 0.3) is 11.6 Å². The number of nitro benzene ring substituents is 1. The van der Waals surface area contributed by atoms with Crippen LogP contribution in [-0.2, 0) is 22.4 Å². The van der Waals surface area contributed by atoms with E-state index in [1.165, 1.54) is 40.0 Å². The first kappa shape index (κ1) is 18.3. The van der Waals surface area contributed by atoms with Crippen LogP contribution >= 0.6 is 22.9 Å². The average Bonchev–Trinajstić information content (AvgIpc) is 3.03. The zero-order valence-corrected chi connectivity index (χ0v) is 15.2. The zero-order chi connectivity index (χ0) is 18.7. The van der Waals surface area contributed by atoms with E-state index in [9.17, 15) is 19.7 Å². The van der Waals surface area contributed by atoms with Crippen molar-refractivity contribution in [3.63, 3.8) is 0 Å². The van der Waals surface area contributed by atoms with Crippen molar-refractivity contribution in [2.75, 3.05) is 11.9 Å². The summed E-state index contributed by atoms with van der Waals surface area (Å²) in [6.45, 7) is -0.537. The van der Waals surface area contributed by atoms with Crippen molar-refractivity contribution in [1.82, 2.24) is 0 Å². The summed E-state index contributed by atoms with van der Waals surface area (Å²) < 4.78 is 5.03. The van der Waals surface area contributed by atoms with E-state index in [2.05, 4.69) is 5.32 Å². The molecule has 1 aromatic heterocycles. The van der Waals surface area contributed by atoms with E-state index in [0.29, 0.717) is 4.88 Å². The van der Waals surface area contributed by atoms with Gasteiger partial charge in [-0.25, -0.2) is 4.79 Å². The molecule has 0 aliphatic heterocycles. The number of anilines is 1. The molecule has 0 atom stereocenters. The Hall–Kier alpha value is -2.45. The predicted molar refractivity (Wildman–Crippen MR) is 98.0 cm³/mol. The number of carbonyl (C=O) groups excluding carboxylic acids is 2. The molecular formula is C17H15ClN2O5S. The van der Waals surface area contributed by atoms with Gasteiger partial charge in [0.2, 0.25) is 0 Å². The highest BCUT2D eigenvalue weighted by Gasteiger charge is 2.20. The maximum Gasteiger partial charge on any atom is 0.348 e. The minimum absolute atomic E-state index is 0.0462. The number of aryl methyl sites for hydroxylation is 2. The molecule has 0 fully saturated rings. The van der Waals surface area contributed by atoms with E-state index in [4.69, 9.17) is 16.3 Å². The van der Waals surface area contributed by atoms with Crippen molar-refractivity contribution >= 4 is 46.2 Å². The van der Waals surface area contributed by atoms with Crippen molar-refractivity contribution in [1.29, 1.82) is 0 Å². The first-order valence-electron chi connectivity index (χ1n) is 7.96. The Bertz CT molecular complexity index is 857. The van der Waals surface area contributed by atoms with Gasteiger partial charge in [0.05, 0.1) is 4.92 Å². The van der Waals surface area contributed by atoms with Crippen molar-refractivity contribution < 1.29 is 19.2 Å². The second-order valence-corrected chi connectivity index (χ2v) is 7.38. The average molecular weight is 395 g/mol. The number of fused-ring (bicyclic) bond motifs is 1. The molecule has 0 saturated carbocycles. The van der Waals surface area contributed by atoms with Crippen LogP contribution in [-0.4, -0.2) is 23.4 Å². The fraction of sp³-hybridized carbons (Fsp3) is 0.294. The molecule has 1 amide bonds. The van der Waals surface area contributed by atoms with Crippen LogP contribution in [0.3, 0.4) is 0 Å². The molecule has 0 bridgehead atoms. The highest BCUT2D eigenvalue weighted by molar-refractivity contribution is 7.14. The number of hydrogen-bond donors (Lipinski definition) is 1. The molecule has 1 N–H and O–H groups in total. The van der Waals surface area contributed by atoms with Crippen molar-refractivity contribution in [2.24, 2.45) is 0 Å². The molecule has 0 radical (unpaired) electrons. The Balaban J connectivity index is 1.61. The Morgan fingerprint density at radius 2 is 2.04 bits per heavy atom. The molecule has 2 aromatic rings. The molecule has 26 heavy (non-hydrogen) atoms. The van der Waals surface area contributed by atoms with Gasteiger partial charge in [0, 0.05) is 16.0 Å². The summed E-state index contributed by atoms with van der Waals surface area (Å²) in [5.41, 5.74) is 0.836. The summed E-state index contributed by atoms with van der Waals surface area (Å²) in [4.78, 5) is 36.1. The van der Waals surface area contributed by atoms with Crippen molar-refractivity contribution in [2.45, 2.75) is 25.7 Å². The number of esters is 1. The van der Waals surface area contributed by atoms with E-state index < -0.39 is 23.4 Å². The van der Waals surface area contributed by atoms with Gasteiger partial charge in [-0.1, -0.05) is 11.6 Å². The molecule has 136 valence electrons. The molecule has 1 heterocycles. The van der Waals surface area contributed by atoms with Gasteiger partial charge in [0.1, 0.15) is 10.6 Å². The van der Waals surface area contributed by atoms with E-state index in [1.807, 2.05) is 6.07 Å². The number of carbonyl (C=O) groups is 2. The summed E-state index contributed by atoms with van der Waals surface area (Å²) in [5, 5.41) is 13.6. The molecule has 0 saturated heterocycles. The zero-order valence-electron chi connectivity index (χ0n) is 13.6. The lowest BCUT2D eigenvalue weighted by atomic mass is 9.99. The minimum Gasteiger partial charge on any atom is -0.451 e. The number of benzene rings is 1. The fourth-order valence-corrected chi connectivity index (χ4v) is 4.07. The maximum absolute atomic E-state index is 12.1. The summed E-state index contributed by atoms with van der Waals surface area (Å²) >= 11 is 7.20. The number of nitro groups is 1. The quantitative estimate of drug-likeness (QED) is 0.469. The molecule has 0 spiro atoms. The number of hydrogen-bond acceptors (Lipinski definition) is 6. The molecule has 7 nitrogen and oxygen atoms in total. The molecule has 1 aromatic carbocycles. The third-order valence-corrected chi connectivity index (χ3v) is 5.41. The predicted octanol–water partition coefficient (Wildman–Crippen LogP) is 3.98. The Labute approximate surface area is 158 Å². The Morgan fingerprint density at radius 1 is 1.27 bits per heavy atom. The normalized spacial score (nSPS) is 13.0. The minimum atomic E-state index is -0.676. The van der Waals surface area contributed by atoms with Crippen LogP contribution in [0.15, 0.2) is 24.3 Å². The van der Waals surface area contributed by atoms with Gasteiger partial charge >= 0.3 is 5.97 Å². The summed E-state index contributed by atoms with van der Waals surface area (Å²) in [5.74, 6) is -1.25. The Kier molecular flexibility index (Phi) is 5.53. The molecule has 9 heteroatoms. The number of rotatable bonds is 5. The number of nitrogens with zero attached hydrogens (tertiary/aromatic N) is 1. The van der Waals surface area contributed by atoms with Gasteiger partial charge in [-0.15, -0.1) is 11.3 Å². The number of nitrogens with one attached hydrogen (secondary N) is 1. The van der Waals surface area contributed by atoms with Crippen molar-refractivity contribution in [3.8, 4) is 0 Å². The lowest BCUT2D eigenvalue weighted by molar-refractivity contribution is -0.383. The van der Waals surface area contributed by atoms with Crippen LogP contribution in [0.2, 0.25) is 5.02 Å². The van der Waals surface area contributed by atoms with E-state index in [1.54, 1.807) is 0 Å². The second kappa shape index (κ2) is 7.84. The number of amides is 1. The smallest absolute Gasteiger partial charge is 0.348 e. The van der Waals surface area contributed by atoms with E-state index in [-0.39, 0.29) is 16.4 Å². The maximum atomic E-state index is 12.1. The van der Waals surface area contributed by atoms with Gasteiger partial charge < -0.3 is 10.1 Å². The van der Waals surface area contributed by atoms with Crippen LogP contribution < -0.4 is 5.32 Å². The van der Waals surface area contributed by atoms with Gasteiger partial charge in [-0.3, -0.25) is 14.9 Å². The first-order valence-corrected chi connectivity index (χ1v) is 9.16. The molecule has 3 rings (SSSR count). The van der Waals surface area contributed by atoms with Crippen LogP contribution in [0.1, 0.15) is 33.0 Å². The number of thiophene rings is 1. The highest BCUT2D eigenvalue weighted by Crippen LogP contribution is 2.30. The Morgan fingerprint density at radius 3 is 2.77 bits per heavy atom. The summed E-state index contributed by atoms with van der Waals surface area (Å²) in [7, 11) is 0. The van der Waals surface area contributed by atoms with Crippen LogP contribution in [0.25, 0.3) is 0 Å². The molecule has 1 aliphatic rings. The third kappa shape index (κ3) is 4.20. The van der Waals surface area contributed by atoms with Gasteiger partial charge in [-0.05, 0) is 49.4 Å². The highest BCUT2D eigenvalue weighted by atomic mass is 35.5. The van der Waals surface area contributed by atoms with E-state index in [0.717, 1.165) is 25.7 Å². The lowest BCUT2D eigenvalue weighted by Crippen LogP contribution is -2.21. The monoisotopic (exact) mass is 394 g/mol. The second-order valence-electron chi connectivity index (χ2n) is 5.81. The molecule has 1 aliphatic carbocycles. The molecule has 0 unspecified atom stereocenters. The topological polar surface area (TPSA) is 98.5 Å². The molecular weight excluding hydrogens is 380 g/mol. The number of halogens is 1. The fourth-order valence-electron chi connectivity index (χ4n) is 2.75. The summed E-state index contributed by atoms with van der Waals surface area (Å²) in [6, 6.07) is 5.64. The number of ether oxygens (including phenoxy) is 1. The van der Waals surface area contributed by atoms with E-state index >= 15 is 0 Å². The summed E-state index contributed by atoms with van der Waals surface area (Å²) in [6.07, 6.45) is 4.14. The third-order valence-electron chi connectivity index (χ3n) is 3.96. The van der Waals surface area contributed by atoms with Crippen LogP contribution in [0.5, 0.6) is 0 Å². The van der Waals surface area contributed by atoms with Gasteiger partial charge in [0.15, 0.2) is 6.61 Å². The SMILES string of the molecule is O=C(COC(=O)c1cc2c(s1)CCCC2)Nc1cc(Cl)ccc1[N+](=O)[O-]. The standard InChI is InChI=1S/C17H15ClN2O5S/c18-11-5-6-13(20(23)24)12(8-11)19-16(21)9-25-17(22)15-7-10-3-1-2-4-14(10)26-15/h5-8H,1-4,9H2,(H,19,21). The lowest BCUT2D eigenvalue weighted by Gasteiger charge is -2.08. The van der Waals surface area contributed by atoms with Crippen molar-refractivity contribution in [3.05, 3.63) is 54.7 Å². The largest absolute Gasteiger partial charge is 0.451 e.